The smallest absolute Gasteiger partial charge is 0.241 e. The van der Waals surface area contributed by atoms with Crippen LogP contribution in [0.25, 0.3) is 0 Å². The molecule has 6 nitrogen and oxygen atoms in total. The molecule has 1 amide bonds. The molecule has 19 heavy (non-hydrogen) atoms. The third-order valence-electron chi connectivity index (χ3n) is 2.56. The molecule has 0 fully saturated rings. The van der Waals surface area contributed by atoms with E-state index >= 15 is 0 Å². The van der Waals surface area contributed by atoms with Gasteiger partial charge in [0.1, 0.15) is 6.61 Å². The van der Waals surface area contributed by atoms with Gasteiger partial charge in [-0.15, -0.1) is 0 Å². The van der Waals surface area contributed by atoms with Gasteiger partial charge in [-0.2, -0.15) is 0 Å². The predicted molar refractivity (Wildman–Crippen MR) is 72.5 cm³/mol. The first kappa shape index (κ1) is 15.3. The first-order valence-electron chi connectivity index (χ1n) is 6.10. The summed E-state index contributed by atoms with van der Waals surface area (Å²) in [5.41, 5.74) is 6.21. The average molecular weight is 268 g/mol. The average Bonchev–Trinajstić information content (AvgIpc) is 2.44. The maximum Gasteiger partial charge on any atom is 0.241 e. The number of amides is 1. The zero-order chi connectivity index (χ0) is 14.3. The Bertz CT molecular complexity index is 423. The molecule has 1 aromatic carbocycles. The van der Waals surface area contributed by atoms with E-state index in [1.807, 2.05) is 6.92 Å². The molecule has 0 radical (unpaired) electrons. The zero-order valence-corrected chi connectivity index (χ0v) is 11.2. The number of hydrogen-bond donors (Lipinski definition) is 3. The standard InChI is InChI=1S/C13H20N2O4/c1-3-10(14)13(17)15-9-4-5-11(18-2)12(8-9)19-7-6-16/h4-5,8,10,16H,3,6-7,14H2,1-2H3,(H,15,17). The fraction of sp³-hybridized carbons (Fsp3) is 0.462. The van der Waals surface area contributed by atoms with Crippen LogP contribution in [-0.4, -0.2) is 37.4 Å². The molecular formula is C13H20N2O4. The molecule has 0 saturated carbocycles. The maximum absolute atomic E-state index is 11.7. The van der Waals surface area contributed by atoms with Gasteiger partial charge in [-0.25, -0.2) is 0 Å². The minimum absolute atomic E-state index is 0.0968. The monoisotopic (exact) mass is 268 g/mol. The van der Waals surface area contributed by atoms with E-state index in [0.717, 1.165) is 0 Å². The van der Waals surface area contributed by atoms with Crippen LogP contribution in [0.4, 0.5) is 5.69 Å². The van der Waals surface area contributed by atoms with Crippen LogP contribution in [-0.2, 0) is 4.79 Å². The molecule has 0 saturated heterocycles. The molecule has 0 heterocycles. The van der Waals surface area contributed by atoms with Gasteiger partial charge in [0, 0.05) is 11.8 Å². The van der Waals surface area contributed by atoms with Crippen molar-refractivity contribution in [3.05, 3.63) is 18.2 Å². The van der Waals surface area contributed by atoms with Crippen molar-refractivity contribution in [2.75, 3.05) is 25.6 Å². The molecule has 6 heteroatoms. The van der Waals surface area contributed by atoms with E-state index in [9.17, 15) is 4.79 Å². The molecule has 0 spiro atoms. The highest BCUT2D eigenvalue weighted by Gasteiger charge is 2.12. The lowest BCUT2D eigenvalue weighted by Gasteiger charge is -2.14. The Kier molecular flexibility index (Phi) is 6.11. The van der Waals surface area contributed by atoms with E-state index in [2.05, 4.69) is 5.32 Å². The first-order chi connectivity index (χ1) is 9.12. The largest absolute Gasteiger partial charge is 0.493 e. The van der Waals surface area contributed by atoms with Crippen LogP contribution in [0.1, 0.15) is 13.3 Å². The number of carbonyl (C=O) groups is 1. The van der Waals surface area contributed by atoms with Gasteiger partial charge < -0.3 is 25.6 Å². The van der Waals surface area contributed by atoms with Gasteiger partial charge in [0.2, 0.25) is 5.91 Å². The Labute approximate surface area is 112 Å². The lowest BCUT2D eigenvalue weighted by atomic mass is 10.2. The van der Waals surface area contributed by atoms with Crippen LogP contribution in [0.2, 0.25) is 0 Å². The van der Waals surface area contributed by atoms with Crippen molar-refractivity contribution in [2.45, 2.75) is 19.4 Å². The number of nitrogens with two attached hydrogens (primary N) is 1. The summed E-state index contributed by atoms with van der Waals surface area (Å²) in [6.45, 7) is 1.90. The maximum atomic E-state index is 11.7. The van der Waals surface area contributed by atoms with Crippen LogP contribution in [0.5, 0.6) is 11.5 Å². The number of hydrogen-bond acceptors (Lipinski definition) is 5. The third kappa shape index (κ3) is 4.42. The van der Waals surface area contributed by atoms with E-state index in [0.29, 0.717) is 23.6 Å². The lowest BCUT2D eigenvalue weighted by Crippen LogP contribution is -2.34. The number of ether oxygens (including phenoxy) is 2. The summed E-state index contributed by atoms with van der Waals surface area (Å²) in [5, 5.41) is 11.5. The zero-order valence-electron chi connectivity index (χ0n) is 11.2. The Morgan fingerprint density at radius 1 is 1.47 bits per heavy atom. The van der Waals surface area contributed by atoms with Crippen molar-refractivity contribution < 1.29 is 19.4 Å². The van der Waals surface area contributed by atoms with Crippen molar-refractivity contribution in [1.29, 1.82) is 0 Å². The van der Waals surface area contributed by atoms with Crippen molar-refractivity contribution >= 4 is 11.6 Å². The Morgan fingerprint density at radius 3 is 2.79 bits per heavy atom. The van der Waals surface area contributed by atoms with Gasteiger partial charge in [0.05, 0.1) is 19.8 Å². The van der Waals surface area contributed by atoms with E-state index in [1.165, 1.54) is 7.11 Å². The van der Waals surface area contributed by atoms with Crippen LogP contribution in [0.3, 0.4) is 0 Å². The minimum Gasteiger partial charge on any atom is -0.493 e. The summed E-state index contributed by atoms with van der Waals surface area (Å²) in [6.07, 6.45) is 0.565. The van der Waals surface area contributed by atoms with Crippen LogP contribution in [0, 0.1) is 0 Å². The number of methoxy groups -OCH3 is 1. The molecule has 0 aliphatic heterocycles. The second-order valence-electron chi connectivity index (χ2n) is 3.94. The molecule has 1 atom stereocenters. The number of aliphatic hydroxyl groups is 1. The number of carbonyl (C=O) groups excluding carboxylic acids is 1. The third-order valence-corrected chi connectivity index (χ3v) is 2.56. The second-order valence-corrected chi connectivity index (χ2v) is 3.94. The molecule has 0 bridgehead atoms. The van der Waals surface area contributed by atoms with E-state index in [4.69, 9.17) is 20.3 Å². The molecule has 1 unspecified atom stereocenters. The van der Waals surface area contributed by atoms with Crippen LogP contribution < -0.4 is 20.5 Å². The number of anilines is 1. The van der Waals surface area contributed by atoms with Gasteiger partial charge >= 0.3 is 0 Å². The normalized spacial score (nSPS) is 11.8. The summed E-state index contributed by atoms with van der Waals surface area (Å²) < 4.78 is 10.5. The second kappa shape index (κ2) is 7.60. The summed E-state index contributed by atoms with van der Waals surface area (Å²) in [6, 6.07) is 4.48. The molecule has 0 aromatic heterocycles. The molecule has 0 aliphatic rings. The predicted octanol–water partition coefficient (Wildman–Crippen LogP) is 0.742. The summed E-state index contributed by atoms with van der Waals surface area (Å²) in [7, 11) is 1.52. The van der Waals surface area contributed by atoms with E-state index in [-0.39, 0.29) is 19.1 Å². The molecule has 1 aromatic rings. The SMILES string of the molecule is CCC(N)C(=O)Nc1ccc(OC)c(OCCO)c1. The van der Waals surface area contributed by atoms with Gasteiger partial charge in [0.25, 0.3) is 0 Å². The highest BCUT2D eigenvalue weighted by Crippen LogP contribution is 2.30. The topological polar surface area (TPSA) is 93.8 Å². The Morgan fingerprint density at radius 2 is 2.21 bits per heavy atom. The molecular weight excluding hydrogens is 248 g/mol. The highest BCUT2D eigenvalue weighted by molar-refractivity contribution is 5.94. The molecule has 1 rings (SSSR count). The number of rotatable bonds is 7. The van der Waals surface area contributed by atoms with Crippen LogP contribution >= 0.6 is 0 Å². The Balaban J connectivity index is 2.82. The quantitative estimate of drug-likeness (QED) is 0.678. The number of nitrogens with one attached hydrogen (secondary N) is 1. The molecule has 106 valence electrons. The van der Waals surface area contributed by atoms with Gasteiger partial charge in [0.15, 0.2) is 11.5 Å². The fourth-order valence-corrected chi connectivity index (χ4v) is 1.44. The minimum atomic E-state index is -0.538. The molecule has 0 aliphatic carbocycles. The number of aliphatic hydroxyl groups excluding tert-OH is 1. The van der Waals surface area contributed by atoms with Crippen molar-refractivity contribution in [2.24, 2.45) is 5.73 Å². The summed E-state index contributed by atoms with van der Waals surface area (Å²) >= 11 is 0. The van der Waals surface area contributed by atoms with Crippen LogP contribution in [0.15, 0.2) is 18.2 Å². The molecule has 4 N–H and O–H groups in total. The van der Waals surface area contributed by atoms with E-state index < -0.39 is 6.04 Å². The lowest BCUT2D eigenvalue weighted by molar-refractivity contribution is -0.117. The van der Waals surface area contributed by atoms with Crippen molar-refractivity contribution in [3.8, 4) is 11.5 Å². The van der Waals surface area contributed by atoms with Gasteiger partial charge in [-0.3, -0.25) is 4.79 Å². The summed E-state index contributed by atoms with van der Waals surface area (Å²) in [5.74, 6) is 0.742. The Hall–Kier alpha value is -1.79. The first-order valence-corrected chi connectivity index (χ1v) is 6.10. The van der Waals surface area contributed by atoms with E-state index in [1.54, 1.807) is 18.2 Å². The highest BCUT2D eigenvalue weighted by atomic mass is 16.5. The fourth-order valence-electron chi connectivity index (χ4n) is 1.44. The summed E-state index contributed by atoms with van der Waals surface area (Å²) in [4.78, 5) is 11.7. The number of benzene rings is 1. The van der Waals surface area contributed by atoms with Crippen molar-refractivity contribution in [3.63, 3.8) is 0 Å². The van der Waals surface area contributed by atoms with Crippen molar-refractivity contribution in [1.82, 2.24) is 0 Å². The van der Waals surface area contributed by atoms with Gasteiger partial charge in [-0.05, 0) is 18.6 Å². The van der Waals surface area contributed by atoms with Gasteiger partial charge in [-0.1, -0.05) is 6.92 Å².